The van der Waals surface area contributed by atoms with Crippen LogP contribution in [0.1, 0.15) is 37.3 Å². The van der Waals surface area contributed by atoms with Gasteiger partial charge in [0.15, 0.2) is 11.6 Å². The summed E-state index contributed by atoms with van der Waals surface area (Å²) in [6.45, 7) is 4.08. The topological polar surface area (TPSA) is 81.7 Å². The van der Waals surface area contributed by atoms with Crippen LogP contribution in [0.2, 0.25) is 0 Å². The van der Waals surface area contributed by atoms with Crippen molar-refractivity contribution in [3.8, 4) is 5.75 Å². The number of halogens is 1. The minimum absolute atomic E-state index is 0.0814. The fourth-order valence-electron chi connectivity index (χ4n) is 2.46. The second kappa shape index (κ2) is 5.71. The molecule has 1 N–H and O–H groups in total. The lowest BCUT2D eigenvalue weighted by Gasteiger charge is -2.23. The zero-order chi connectivity index (χ0) is 16.6. The number of nitro benzene ring substituents is 1. The molecule has 1 atom stereocenters. The third kappa shape index (κ3) is 2.75. The number of ether oxygens (including phenoxy) is 1. The maximum atomic E-state index is 14.0. The van der Waals surface area contributed by atoms with Crippen molar-refractivity contribution in [2.45, 2.75) is 26.0 Å². The van der Waals surface area contributed by atoms with E-state index in [1.54, 1.807) is 4.68 Å². The van der Waals surface area contributed by atoms with E-state index in [-0.39, 0.29) is 17.4 Å². The molecule has 0 radical (unpaired) electrons. The number of nitro groups is 1. The van der Waals surface area contributed by atoms with Crippen LogP contribution in [0.4, 0.5) is 10.1 Å². The number of hydrogen-bond acceptors (Lipinski definition) is 5. The van der Waals surface area contributed by atoms with Crippen molar-refractivity contribution in [2.24, 2.45) is 4.99 Å². The summed E-state index contributed by atoms with van der Waals surface area (Å²) in [5.74, 6) is -0.631. The quantitative estimate of drug-likeness (QED) is 0.692. The molecular formula is C15H15FN4O3. The molecule has 0 fully saturated rings. The molecule has 8 heteroatoms. The highest BCUT2D eigenvalue weighted by atomic mass is 19.1. The maximum Gasteiger partial charge on any atom is 0.272 e. The first-order valence-corrected chi connectivity index (χ1v) is 7.07. The Morgan fingerprint density at radius 3 is 2.87 bits per heavy atom. The predicted molar refractivity (Wildman–Crippen MR) is 82.8 cm³/mol. The van der Waals surface area contributed by atoms with Gasteiger partial charge in [0.25, 0.3) is 5.69 Å². The Kier molecular flexibility index (Phi) is 3.73. The highest BCUT2D eigenvalue weighted by molar-refractivity contribution is 5.66. The van der Waals surface area contributed by atoms with Gasteiger partial charge < -0.3 is 4.74 Å². The van der Waals surface area contributed by atoms with E-state index >= 15 is 0 Å². The van der Waals surface area contributed by atoms with Crippen molar-refractivity contribution in [2.75, 3.05) is 5.43 Å². The van der Waals surface area contributed by atoms with Crippen LogP contribution in [0, 0.1) is 15.9 Å². The van der Waals surface area contributed by atoms with Crippen LogP contribution in [-0.2, 0) is 0 Å². The van der Waals surface area contributed by atoms with Gasteiger partial charge in [-0.1, -0.05) is 13.8 Å². The highest BCUT2D eigenvalue weighted by Gasteiger charge is 2.26. The van der Waals surface area contributed by atoms with Crippen LogP contribution in [0.15, 0.2) is 35.5 Å². The Hall–Kier alpha value is -2.90. The van der Waals surface area contributed by atoms with Gasteiger partial charge in [-0.2, -0.15) is 0 Å². The predicted octanol–water partition coefficient (Wildman–Crippen LogP) is 3.32. The number of aliphatic imine (C=N–C) groups is 1. The van der Waals surface area contributed by atoms with E-state index in [1.807, 2.05) is 26.1 Å². The molecular weight excluding hydrogens is 303 g/mol. The molecule has 0 saturated heterocycles. The summed E-state index contributed by atoms with van der Waals surface area (Å²) in [5, 5.41) is 10.7. The standard InChI is InChI=1S/C15H15FN4O3/c1-9(2)11-5-6-19-14(11)15(17-8-18-19)23-13-4-3-10(20(21)22)7-12(13)16/h3-9,15H,1-2H3,(H,17,18). The van der Waals surface area contributed by atoms with Crippen molar-refractivity contribution in [3.63, 3.8) is 0 Å². The Labute approximate surface area is 131 Å². The Morgan fingerprint density at radius 1 is 1.43 bits per heavy atom. The number of non-ortho nitro benzene ring substituents is 1. The van der Waals surface area contributed by atoms with Gasteiger partial charge in [-0.15, -0.1) is 0 Å². The molecule has 3 rings (SSSR count). The Balaban J connectivity index is 1.92. The molecule has 0 amide bonds. The molecule has 2 aromatic rings. The molecule has 1 aliphatic rings. The molecule has 0 bridgehead atoms. The van der Waals surface area contributed by atoms with Crippen LogP contribution in [0.5, 0.6) is 5.75 Å². The number of aromatic nitrogens is 1. The van der Waals surface area contributed by atoms with Crippen LogP contribution in [0.3, 0.4) is 0 Å². The van der Waals surface area contributed by atoms with E-state index in [4.69, 9.17) is 4.74 Å². The summed E-state index contributed by atoms with van der Waals surface area (Å²) >= 11 is 0. The van der Waals surface area contributed by atoms with E-state index in [9.17, 15) is 14.5 Å². The zero-order valence-corrected chi connectivity index (χ0v) is 12.6. The van der Waals surface area contributed by atoms with Gasteiger partial charge in [0.1, 0.15) is 12.0 Å². The molecule has 23 heavy (non-hydrogen) atoms. The van der Waals surface area contributed by atoms with E-state index in [2.05, 4.69) is 10.4 Å². The fraction of sp³-hybridized carbons (Fsp3) is 0.267. The second-order valence-corrected chi connectivity index (χ2v) is 5.43. The molecule has 1 aromatic carbocycles. The number of nitrogens with zero attached hydrogens (tertiary/aromatic N) is 3. The molecule has 0 aliphatic carbocycles. The fourth-order valence-corrected chi connectivity index (χ4v) is 2.46. The minimum Gasteiger partial charge on any atom is -0.460 e. The highest BCUT2D eigenvalue weighted by Crippen LogP contribution is 2.33. The summed E-state index contributed by atoms with van der Waals surface area (Å²) in [5.41, 5.74) is 4.44. The van der Waals surface area contributed by atoms with E-state index < -0.39 is 17.0 Å². The molecule has 0 spiro atoms. The summed E-state index contributed by atoms with van der Waals surface area (Å²) in [7, 11) is 0. The Morgan fingerprint density at radius 2 is 2.22 bits per heavy atom. The van der Waals surface area contributed by atoms with Gasteiger partial charge in [-0.25, -0.2) is 9.38 Å². The first kappa shape index (κ1) is 15.0. The normalized spacial score (nSPS) is 16.1. The molecule has 2 heterocycles. The van der Waals surface area contributed by atoms with Gasteiger partial charge in [0, 0.05) is 12.3 Å². The van der Waals surface area contributed by atoms with Crippen molar-refractivity contribution in [1.29, 1.82) is 0 Å². The summed E-state index contributed by atoms with van der Waals surface area (Å²) in [4.78, 5) is 14.2. The number of rotatable bonds is 4. The van der Waals surface area contributed by atoms with E-state index in [1.165, 1.54) is 18.5 Å². The van der Waals surface area contributed by atoms with Gasteiger partial charge >= 0.3 is 0 Å². The third-order valence-electron chi connectivity index (χ3n) is 3.59. The molecule has 0 saturated carbocycles. The average Bonchev–Trinajstić information content (AvgIpc) is 2.94. The maximum absolute atomic E-state index is 14.0. The first-order chi connectivity index (χ1) is 11.0. The SMILES string of the molecule is CC(C)c1ccn2c1C(Oc1ccc([N+](=O)[O-])cc1F)N=CN2. The molecule has 7 nitrogen and oxygen atoms in total. The molecule has 1 aromatic heterocycles. The summed E-state index contributed by atoms with van der Waals surface area (Å²) < 4.78 is 21.4. The van der Waals surface area contributed by atoms with Crippen molar-refractivity contribution in [3.05, 3.63) is 57.7 Å². The number of benzene rings is 1. The first-order valence-electron chi connectivity index (χ1n) is 7.07. The minimum atomic E-state index is -0.794. The summed E-state index contributed by atoms with van der Waals surface area (Å²) in [6, 6.07) is 5.23. The van der Waals surface area contributed by atoms with Crippen LogP contribution in [0.25, 0.3) is 0 Å². The second-order valence-electron chi connectivity index (χ2n) is 5.43. The third-order valence-corrected chi connectivity index (χ3v) is 3.59. The van der Waals surface area contributed by atoms with Crippen molar-refractivity contribution < 1.29 is 14.1 Å². The number of nitrogens with one attached hydrogen (secondary N) is 1. The van der Waals surface area contributed by atoms with Gasteiger partial charge in [-0.05, 0) is 23.6 Å². The smallest absolute Gasteiger partial charge is 0.272 e. The molecule has 120 valence electrons. The van der Waals surface area contributed by atoms with Crippen LogP contribution < -0.4 is 10.2 Å². The van der Waals surface area contributed by atoms with Gasteiger partial charge in [0.2, 0.25) is 6.23 Å². The zero-order valence-electron chi connectivity index (χ0n) is 12.6. The van der Waals surface area contributed by atoms with Crippen molar-refractivity contribution >= 4 is 12.0 Å². The Bertz CT molecular complexity index is 785. The lowest BCUT2D eigenvalue weighted by Crippen LogP contribution is -2.25. The van der Waals surface area contributed by atoms with E-state index in [0.717, 1.165) is 17.3 Å². The van der Waals surface area contributed by atoms with Crippen molar-refractivity contribution in [1.82, 2.24) is 4.68 Å². The van der Waals surface area contributed by atoms with Gasteiger partial charge in [-0.3, -0.25) is 20.2 Å². The monoisotopic (exact) mass is 318 g/mol. The lowest BCUT2D eigenvalue weighted by molar-refractivity contribution is -0.385. The van der Waals surface area contributed by atoms with Crippen LogP contribution in [-0.4, -0.2) is 15.9 Å². The number of hydrogen-bond donors (Lipinski definition) is 1. The van der Waals surface area contributed by atoms with Gasteiger partial charge in [0.05, 0.1) is 11.0 Å². The molecule has 1 unspecified atom stereocenters. The molecule has 1 aliphatic heterocycles. The number of fused-ring (bicyclic) bond motifs is 1. The summed E-state index contributed by atoms with van der Waals surface area (Å²) in [6.07, 6.45) is 2.59. The largest absolute Gasteiger partial charge is 0.460 e. The van der Waals surface area contributed by atoms with E-state index in [0.29, 0.717) is 0 Å². The average molecular weight is 318 g/mol. The lowest BCUT2D eigenvalue weighted by atomic mass is 10.0. The van der Waals surface area contributed by atoms with Crippen LogP contribution >= 0.6 is 0 Å².